The molecule has 1 rings (SSSR count). The van der Waals surface area contributed by atoms with Crippen molar-refractivity contribution in [3.63, 3.8) is 0 Å². The van der Waals surface area contributed by atoms with E-state index in [0.717, 1.165) is 6.42 Å². The van der Waals surface area contributed by atoms with Crippen LogP contribution in [0.4, 0.5) is 0 Å². The fourth-order valence-electron chi connectivity index (χ4n) is 1.26. The average Bonchev–Trinajstić information content (AvgIpc) is 2.17. The van der Waals surface area contributed by atoms with Crippen LogP contribution in [0.15, 0.2) is 47.6 Å². The van der Waals surface area contributed by atoms with E-state index in [-0.39, 0.29) is 0 Å². The van der Waals surface area contributed by atoms with Gasteiger partial charge in [0.25, 0.3) is 0 Å². The van der Waals surface area contributed by atoms with Crippen LogP contribution in [0.25, 0.3) is 0 Å². The standard InChI is InChI=1S/C11H16.C4H8/c1-4-10(3)11-7-5-9(2)6-8-11;1-4(2)3/h5,7H,3-4,6,8H2,1-2H3;1H2,2-3H3. The summed E-state index contributed by atoms with van der Waals surface area (Å²) in [7, 11) is 0. The number of allylic oxidation sites excluding steroid dienone is 6. The van der Waals surface area contributed by atoms with Crippen LogP contribution in [-0.2, 0) is 0 Å². The summed E-state index contributed by atoms with van der Waals surface area (Å²) in [5.74, 6) is 0. The maximum Gasteiger partial charge on any atom is -0.0239 e. The van der Waals surface area contributed by atoms with Crippen LogP contribution in [0.2, 0.25) is 0 Å². The van der Waals surface area contributed by atoms with Crippen LogP contribution in [0.3, 0.4) is 0 Å². The van der Waals surface area contributed by atoms with Gasteiger partial charge in [-0.2, -0.15) is 0 Å². The molecule has 0 heterocycles. The lowest BCUT2D eigenvalue weighted by Gasteiger charge is -2.12. The predicted octanol–water partition coefficient (Wildman–Crippen LogP) is 5.20. The van der Waals surface area contributed by atoms with Gasteiger partial charge in [-0.25, -0.2) is 0 Å². The third kappa shape index (κ3) is 6.96. The first-order valence-electron chi connectivity index (χ1n) is 5.64. The Kier molecular flexibility index (Phi) is 6.77. The van der Waals surface area contributed by atoms with Crippen molar-refractivity contribution in [1.29, 1.82) is 0 Å². The molecule has 0 nitrogen and oxygen atoms in total. The van der Waals surface area contributed by atoms with Crippen molar-refractivity contribution in [2.75, 3.05) is 0 Å². The molecule has 0 aromatic rings. The Hall–Kier alpha value is -1.04. The van der Waals surface area contributed by atoms with Crippen molar-refractivity contribution >= 4 is 0 Å². The van der Waals surface area contributed by atoms with Crippen molar-refractivity contribution < 1.29 is 0 Å². The molecule has 0 bridgehead atoms. The lowest BCUT2D eigenvalue weighted by molar-refractivity contribution is 0.896. The third-order valence-corrected chi connectivity index (χ3v) is 2.24. The van der Waals surface area contributed by atoms with Gasteiger partial charge >= 0.3 is 0 Å². The molecule has 15 heavy (non-hydrogen) atoms. The van der Waals surface area contributed by atoms with Gasteiger partial charge in [-0.05, 0) is 45.6 Å². The van der Waals surface area contributed by atoms with Crippen LogP contribution < -0.4 is 0 Å². The molecule has 1 aliphatic carbocycles. The monoisotopic (exact) mass is 204 g/mol. The molecule has 0 saturated carbocycles. The van der Waals surface area contributed by atoms with E-state index in [4.69, 9.17) is 0 Å². The molecule has 0 radical (unpaired) electrons. The minimum absolute atomic E-state index is 1.08. The Morgan fingerprint density at radius 2 is 1.73 bits per heavy atom. The molecular formula is C15H24. The highest BCUT2D eigenvalue weighted by Gasteiger charge is 2.04. The van der Waals surface area contributed by atoms with Crippen molar-refractivity contribution in [3.05, 3.63) is 47.6 Å². The van der Waals surface area contributed by atoms with E-state index < -0.39 is 0 Å². The first-order valence-corrected chi connectivity index (χ1v) is 5.64. The van der Waals surface area contributed by atoms with Gasteiger partial charge in [0.05, 0.1) is 0 Å². The fourth-order valence-corrected chi connectivity index (χ4v) is 1.26. The maximum absolute atomic E-state index is 4.02. The van der Waals surface area contributed by atoms with E-state index in [0.29, 0.717) is 0 Å². The smallest absolute Gasteiger partial charge is 0.0239 e. The van der Waals surface area contributed by atoms with Gasteiger partial charge in [0.1, 0.15) is 0 Å². The van der Waals surface area contributed by atoms with E-state index in [1.165, 1.54) is 35.1 Å². The van der Waals surface area contributed by atoms with Gasteiger partial charge in [-0.15, -0.1) is 6.58 Å². The summed E-state index contributed by atoms with van der Waals surface area (Å²) in [6.07, 6.45) is 7.91. The Morgan fingerprint density at radius 3 is 2.07 bits per heavy atom. The minimum Gasteiger partial charge on any atom is -0.100 e. The summed E-state index contributed by atoms with van der Waals surface area (Å²) < 4.78 is 0. The largest absolute Gasteiger partial charge is 0.100 e. The molecule has 84 valence electrons. The van der Waals surface area contributed by atoms with Crippen LogP contribution in [0.5, 0.6) is 0 Å². The molecule has 0 aromatic carbocycles. The molecular weight excluding hydrogens is 180 g/mol. The summed E-state index contributed by atoms with van der Waals surface area (Å²) in [4.78, 5) is 0. The molecule has 0 aliphatic heterocycles. The normalized spacial score (nSPS) is 14.4. The highest BCUT2D eigenvalue weighted by molar-refractivity contribution is 5.35. The van der Waals surface area contributed by atoms with Gasteiger partial charge in [-0.1, -0.05) is 42.4 Å². The first-order chi connectivity index (χ1) is 6.97. The second kappa shape index (κ2) is 7.28. The van der Waals surface area contributed by atoms with Gasteiger partial charge in [0.15, 0.2) is 0 Å². The van der Waals surface area contributed by atoms with Crippen LogP contribution >= 0.6 is 0 Å². The van der Waals surface area contributed by atoms with Crippen LogP contribution in [-0.4, -0.2) is 0 Å². The van der Waals surface area contributed by atoms with E-state index >= 15 is 0 Å². The second-order valence-corrected chi connectivity index (χ2v) is 4.37. The Bertz CT molecular complexity index is 283. The molecule has 1 aliphatic rings. The molecule has 0 saturated heterocycles. The zero-order chi connectivity index (χ0) is 11.8. The van der Waals surface area contributed by atoms with E-state index in [9.17, 15) is 0 Å². The minimum atomic E-state index is 1.08. The topological polar surface area (TPSA) is 0 Å². The highest BCUT2D eigenvalue weighted by atomic mass is 14.1. The highest BCUT2D eigenvalue weighted by Crippen LogP contribution is 2.23. The molecule has 0 heteroatoms. The first kappa shape index (κ1) is 14.0. The number of hydrogen-bond donors (Lipinski definition) is 0. The lowest BCUT2D eigenvalue weighted by Crippen LogP contribution is -1.93. The van der Waals surface area contributed by atoms with Crippen molar-refractivity contribution in [1.82, 2.24) is 0 Å². The van der Waals surface area contributed by atoms with Gasteiger partial charge in [-0.3, -0.25) is 0 Å². The zero-order valence-electron chi connectivity index (χ0n) is 10.7. The summed E-state index contributed by atoms with van der Waals surface area (Å²) in [5.41, 5.74) is 5.39. The van der Waals surface area contributed by atoms with Gasteiger partial charge < -0.3 is 0 Å². The Labute approximate surface area is 95.1 Å². The Balaban J connectivity index is 0.000000423. The molecule has 0 unspecified atom stereocenters. The van der Waals surface area contributed by atoms with Gasteiger partial charge in [0, 0.05) is 0 Å². The number of rotatable bonds is 2. The summed E-state index contributed by atoms with van der Waals surface area (Å²) in [5, 5.41) is 0. The van der Waals surface area contributed by atoms with Crippen molar-refractivity contribution in [3.8, 4) is 0 Å². The van der Waals surface area contributed by atoms with Crippen molar-refractivity contribution in [2.24, 2.45) is 0 Å². The summed E-state index contributed by atoms with van der Waals surface area (Å²) >= 11 is 0. The van der Waals surface area contributed by atoms with Crippen LogP contribution in [0, 0.1) is 0 Å². The van der Waals surface area contributed by atoms with E-state index in [1.54, 1.807) is 0 Å². The Morgan fingerprint density at radius 1 is 1.20 bits per heavy atom. The fraction of sp³-hybridized carbons (Fsp3) is 0.467. The van der Waals surface area contributed by atoms with Crippen LogP contribution in [0.1, 0.15) is 47.0 Å². The molecule has 0 N–H and O–H groups in total. The van der Waals surface area contributed by atoms with Crippen molar-refractivity contribution in [2.45, 2.75) is 47.0 Å². The zero-order valence-corrected chi connectivity index (χ0v) is 10.7. The average molecular weight is 204 g/mol. The second-order valence-electron chi connectivity index (χ2n) is 4.37. The van der Waals surface area contributed by atoms with Gasteiger partial charge in [0.2, 0.25) is 0 Å². The molecule has 0 atom stereocenters. The predicted molar refractivity (Wildman–Crippen MR) is 71.0 cm³/mol. The number of hydrogen-bond acceptors (Lipinski definition) is 0. The lowest BCUT2D eigenvalue weighted by atomic mass is 9.93. The maximum atomic E-state index is 4.02. The quantitative estimate of drug-likeness (QED) is 0.542. The van der Waals surface area contributed by atoms with E-state index in [2.05, 4.69) is 39.2 Å². The summed E-state index contributed by atoms with van der Waals surface area (Å²) in [6, 6.07) is 0. The summed E-state index contributed by atoms with van der Waals surface area (Å²) in [6.45, 7) is 15.9. The third-order valence-electron chi connectivity index (χ3n) is 2.24. The molecule has 0 aromatic heterocycles. The molecule has 0 fully saturated rings. The SMILES string of the molecule is C=C(C)C.C=C(CC)C1=CC=C(C)CC1. The van der Waals surface area contributed by atoms with E-state index in [1.807, 2.05) is 13.8 Å². The molecule has 0 spiro atoms. The molecule has 0 amide bonds.